The second-order valence-corrected chi connectivity index (χ2v) is 20.2. The van der Waals surface area contributed by atoms with Gasteiger partial charge in [0.2, 0.25) is 5.24 Å². The predicted octanol–water partition coefficient (Wildman–Crippen LogP) is 3.30. The van der Waals surface area contributed by atoms with Gasteiger partial charge in [0.25, 0.3) is 6.47 Å². The molecule has 6 aromatic rings. The number of carbonyl (C=O) groups is 3. The smallest absolute Gasteiger partial charge is 1.00 e. The minimum atomic E-state index is -2.67. The summed E-state index contributed by atoms with van der Waals surface area (Å²) >= 11 is 4.81. The van der Waals surface area contributed by atoms with Crippen molar-refractivity contribution in [2.75, 3.05) is 67.7 Å². The zero-order valence-electron chi connectivity index (χ0n) is 56.1. The van der Waals surface area contributed by atoms with Crippen LogP contribution in [0.3, 0.4) is 0 Å². The van der Waals surface area contributed by atoms with Crippen molar-refractivity contribution in [2.45, 2.75) is 115 Å². The molecule has 2 heterocycles. The Bertz CT molecular complexity index is 3130. The molecule has 0 saturated carbocycles. The average molecular weight is 1180 g/mol. The third-order valence-electron chi connectivity index (χ3n) is 13.3. The maximum Gasteiger partial charge on any atom is 1.00 e. The third-order valence-corrected chi connectivity index (χ3v) is 13.4. The second-order valence-electron chi connectivity index (χ2n) is 19.8. The SMILES string of the molecule is COCC(=O)Cl.O=CO[O-].[2H]C1([2H])c2cc(F)ccc2[C@H](C(C)C)[C@@](O)(CCN(C)CCCc2nc3ccccc3[nH]2)C1([2H])[2H].[2H]C1([2H])c2cc(F)ccc2[C@H](C(C)C)[C@](CCN(C)CCCc2nc3ccccc3[nH]2)(OC(=O)COC)C1([2H])[2H].[H-].[K+].[K+]. The molecule has 4 aromatic carbocycles. The third kappa shape index (κ3) is 21.6. The fraction of sp³-hybridized carbons (Fsp3) is 0.508. The number of aliphatic hydroxyl groups is 1. The number of benzene rings is 4. The Kier molecular flexibility index (Phi) is 26.4. The van der Waals surface area contributed by atoms with Crippen molar-refractivity contribution in [3.8, 4) is 0 Å². The van der Waals surface area contributed by atoms with E-state index in [-0.39, 0.29) is 153 Å². The molecule has 422 valence electrons. The fourth-order valence-electron chi connectivity index (χ4n) is 9.90. The molecule has 8 rings (SSSR count). The molecule has 79 heavy (non-hydrogen) atoms. The number of para-hydroxylation sites is 4. The zero-order valence-corrected chi connectivity index (χ0v) is 54.1. The van der Waals surface area contributed by atoms with Crippen molar-refractivity contribution >= 4 is 51.4 Å². The van der Waals surface area contributed by atoms with E-state index in [1.165, 1.54) is 38.5 Å². The number of carbonyl (C=O) groups excluding carboxylic acids is 3. The van der Waals surface area contributed by atoms with Crippen LogP contribution in [0, 0.1) is 23.5 Å². The van der Waals surface area contributed by atoms with Crippen LogP contribution in [0.15, 0.2) is 84.9 Å². The van der Waals surface area contributed by atoms with E-state index in [1.54, 1.807) is 0 Å². The number of rotatable bonds is 22. The van der Waals surface area contributed by atoms with Crippen molar-refractivity contribution < 1.29 is 168 Å². The molecule has 20 heteroatoms. The summed E-state index contributed by atoms with van der Waals surface area (Å²) in [7, 11) is 6.59. The number of aromatic amines is 2. The van der Waals surface area contributed by atoms with Crippen LogP contribution in [0.4, 0.5) is 8.78 Å². The van der Waals surface area contributed by atoms with Gasteiger partial charge in [0.05, 0.1) is 27.7 Å². The number of hydrogen-bond donors (Lipinski definition) is 3. The van der Waals surface area contributed by atoms with Gasteiger partial charge in [0.1, 0.15) is 42.1 Å². The fourth-order valence-corrected chi connectivity index (χ4v) is 10.0. The monoisotopic (exact) mass is 1170 g/mol. The van der Waals surface area contributed by atoms with Crippen LogP contribution in [-0.2, 0) is 59.1 Å². The summed E-state index contributed by atoms with van der Waals surface area (Å²) in [6.45, 7) is 9.09. The number of halogens is 3. The van der Waals surface area contributed by atoms with Gasteiger partial charge < -0.3 is 50.7 Å². The van der Waals surface area contributed by atoms with E-state index < -0.39 is 78.0 Å². The van der Waals surface area contributed by atoms with E-state index in [2.05, 4.69) is 29.6 Å². The van der Waals surface area contributed by atoms with Crippen LogP contribution in [0.25, 0.3) is 22.1 Å². The van der Waals surface area contributed by atoms with Crippen LogP contribution in [-0.4, -0.2) is 131 Å². The molecule has 0 saturated heterocycles. The molecular formula is C59H79ClF2K2N6O9. The summed E-state index contributed by atoms with van der Waals surface area (Å²) in [5, 5.41) is 19.8. The molecule has 3 N–H and O–H groups in total. The number of imidazole rings is 2. The molecule has 15 nitrogen and oxygen atoms in total. The predicted molar refractivity (Wildman–Crippen MR) is 294 cm³/mol. The summed E-state index contributed by atoms with van der Waals surface area (Å²) in [6.07, 6.45) is -7.23. The number of aromatic nitrogens is 4. The Morgan fingerprint density at radius 3 is 1.66 bits per heavy atom. The molecule has 0 aliphatic heterocycles. The standard InChI is InChI=1S/C29H38FN3O3.C26H34FN3O.C3H5ClO2.CH2O3.2K.H/c1-20(2)28-23-12-11-22(30)18-21(23)13-14-29(28,36-27(34)19-35-4)15-17-33(3)16-7-10-26-31-24-8-5-6-9-25(24)32-26;1-18(2)25-21-11-10-20(27)17-19(21)12-13-26(25,31)14-16-30(3)15-6-9-24-28-22-7-4-5-8-23(22)29-24;1-6-2-3(4)5;2-1-4-3;;;/h5-6,8-9,11-12,18,20,28H,7,10,13-17,19H2,1-4H3,(H,31,32);4-5,7-8,10-11,17-18,25,31H,6,9,12-16H2,1-3H3,(H,28,29);2H2,1H3;1,3H;;;/q;;;;2*+1;-1/p-1/t28-,29-;25-,26-;;;;;/m00...../s1/i13D2,14D2;12D2,13D2;;;;;. The summed E-state index contributed by atoms with van der Waals surface area (Å²) < 4.78 is 114. The minimum absolute atomic E-state index is 0. The molecule has 0 fully saturated rings. The van der Waals surface area contributed by atoms with Gasteiger partial charge in [-0.15, -0.1) is 0 Å². The van der Waals surface area contributed by atoms with Crippen LogP contribution in [0.2, 0.25) is 0 Å². The number of nitrogens with zero attached hydrogens (tertiary/aromatic N) is 4. The molecule has 0 spiro atoms. The molecule has 2 aliphatic rings. The largest absolute Gasteiger partial charge is 1.00 e. The molecule has 4 atom stereocenters. The van der Waals surface area contributed by atoms with Gasteiger partial charge in [0, 0.05) is 69.4 Å². The van der Waals surface area contributed by atoms with Gasteiger partial charge in [-0.25, -0.2) is 23.5 Å². The van der Waals surface area contributed by atoms with Gasteiger partial charge in [0.15, 0.2) is 0 Å². The van der Waals surface area contributed by atoms with Gasteiger partial charge >= 0.3 is 109 Å². The number of H-pyrrole nitrogens is 2. The van der Waals surface area contributed by atoms with E-state index in [0.29, 0.717) is 30.8 Å². The van der Waals surface area contributed by atoms with E-state index in [4.69, 9.17) is 42.1 Å². The molecule has 0 bridgehead atoms. The van der Waals surface area contributed by atoms with Gasteiger partial charge in [-0.1, -0.05) is 64.1 Å². The first-order valence-electron chi connectivity index (χ1n) is 29.6. The van der Waals surface area contributed by atoms with Crippen molar-refractivity contribution in [3.05, 3.63) is 130 Å². The Labute approximate surface area is 567 Å². The topological polar surface area (TPSA) is 195 Å². The maximum absolute atomic E-state index is 14.3. The van der Waals surface area contributed by atoms with Crippen LogP contribution < -0.4 is 108 Å². The summed E-state index contributed by atoms with van der Waals surface area (Å²) in [5.41, 5.74) is 0.905. The Balaban J connectivity index is 0.000000507. The van der Waals surface area contributed by atoms with Crippen LogP contribution >= 0.6 is 11.6 Å². The molecule has 2 aromatic heterocycles. The van der Waals surface area contributed by atoms with E-state index in [1.807, 2.05) is 100 Å². The minimum Gasteiger partial charge on any atom is -1.00 e. The second kappa shape index (κ2) is 35.7. The summed E-state index contributed by atoms with van der Waals surface area (Å²) in [5.74, 6) is -2.02. The molecule has 2 aliphatic carbocycles. The Hall–Kier alpha value is -2.39. The normalized spacial score (nSPS) is 22.2. The number of esters is 1. The Morgan fingerprint density at radius 1 is 0.772 bits per heavy atom. The maximum atomic E-state index is 14.3. The van der Waals surface area contributed by atoms with Gasteiger partial charge in [-0.05, 0) is 166 Å². The zero-order chi connectivity index (χ0) is 63.3. The number of aryl methyl sites for hydroxylation is 4. The molecular weight excluding hydrogens is 1090 g/mol. The van der Waals surface area contributed by atoms with Crippen molar-refractivity contribution in [3.63, 3.8) is 0 Å². The summed E-state index contributed by atoms with van der Waals surface area (Å²) in [4.78, 5) is 53.7. The summed E-state index contributed by atoms with van der Waals surface area (Å²) in [6, 6.07) is 23.4. The van der Waals surface area contributed by atoms with E-state index in [9.17, 15) is 23.5 Å². The first-order valence-corrected chi connectivity index (χ1v) is 26.0. The first-order chi connectivity index (χ1) is 39.9. The number of fused-ring (bicyclic) bond motifs is 4. The molecule has 0 amide bonds. The van der Waals surface area contributed by atoms with Gasteiger partial charge in [-0.3, -0.25) is 9.59 Å². The quantitative estimate of drug-likeness (QED) is 0.0224. The van der Waals surface area contributed by atoms with Crippen molar-refractivity contribution in [2.24, 2.45) is 11.8 Å². The number of ether oxygens (including phenoxy) is 3. The number of hydrogen-bond acceptors (Lipinski definition) is 13. The number of methoxy groups -OCH3 is 2. The Morgan fingerprint density at radius 2 is 1.23 bits per heavy atom. The van der Waals surface area contributed by atoms with Crippen LogP contribution in [0.1, 0.15) is 124 Å². The van der Waals surface area contributed by atoms with E-state index in [0.717, 1.165) is 78.1 Å². The van der Waals surface area contributed by atoms with Crippen molar-refractivity contribution in [1.29, 1.82) is 0 Å². The van der Waals surface area contributed by atoms with Crippen molar-refractivity contribution in [1.82, 2.24) is 29.7 Å². The number of nitrogens with one attached hydrogen (secondary N) is 2. The van der Waals surface area contributed by atoms with E-state index >= 15 is 0 Å². The molecule has 0 radical (unpaired) electrons. The average Bonchev–Trinajstić information content (AvgIpc) is 1.18. The van der Waals surface area contributed by atoms with Gasteiger partial charge in [-0.2, -0.15) is 0 Å². The first kappa shape index (κ1) is 58.4. The molecule has 0 unspecified atom stereocenters. The van der Waals surface area contributed by atoms with Crippen LogP contribution in [0.5, 0.6) is 0 Å².